The van der Waals surface area contributed by atoms with Crippen molar-refractivity contribution >= 4 is 16.8 Å². The largest absolute Gasteiger partial charge is 0.358 e. The molecule has 82 valence electrons. The van der Waals surface area contributed by atoms with Gasteiger partial charge in [-0.2, -0.15) is 0 Å². The van der Waals surface area contributed by atoms with Crippen molar-refractivity contribution in [1.29, 1.82) is 0 Å². The molecule has 0 aliphatic rings. The zero-order valence-corrected chi connectivity index (χ0v) is 9.21. The number of hydrogen-bond donors (Lipinski definition) is 2. The van der Waals surface area contributed by atoms with Gasteiger partial charge in [0.1, 0.15) is 0 Å². The van der Waals surface area contributed by atoms with Gasteiger partial charge in [0.15, 0.2) is 0 Å². The van der Waals surface area contributed by atoms with E-state index < -0.39 is 0 Å². The number of nitrogens with one attached hydrogen (secondary N) is 2. The summed E-state index contributed by atoms with van der Waals surface area (Å²) in [6.07, 6.45) is 1.67. The summed E-state index contributed by atoms with van der Waals surface area (Å²) in [6.45, 7) is 5.97. The maximum atomic E-state index is 11.9. The SMILES string of the molecule is C=CCNC(=O)c1c(C)[nH]c2ccccc12. The fraction of sp³-hybridized carbons (Fsp3) is 0.154. The molecule has 0 fully saturated rings. The van der Waals surface area contributed by atoms with Gasteiger partial charge in [-0.15, -0.1) is 6.58 Å². The Hall–Kier alpha value is -2.03. The Morgan fingerprint density at radius 3 is 3.00 bits per heavy atom. The molecule has 0 aliphatic heterocycles. The second-order valence-corrected chi connectivity index (χ2v) is 3.67. The van der Waals surface area contributed by atoms with Crippen molar-refractivity contribution in [2.45, 2.75) is 6.92 Å². The number of benzene rings is 1. The number of hydrogen-bond acceptors (Lipinski definition) is 1. The molecule has 0 aliphatic carbocycles. The number of carbonyl (C=O) groups excluding carboxylic acids is 1. The minimum absolute atomic E-state index is 0.0603. The van der Waals surface area contributed by atoms with E-state index in [1.54, 1.807) is 6.08 Å². The highest BCUT2D eigenvalue weighted by molar-refractivity contribution is 6.08. The Morgan fingerprint density at radius 1 is 1.50 bits per heavy atom. The molecule has 0 spiro atoms. The average Bonchev–Trinajstić information content (AvgIpc) is 2.62. The van der Waals surface area contributed by atoms with E-state index in [-0.39, 0.29) is 5.91 Å². The predicted molar refractivity (Wildman–Crippen MR) is 65.6 cm³/mol. The van der Waals surface area contributed by atoms with Gasteiger partial charge in [0.25, 0.3) is 5.91 Å². The molecule has 16 heavy (non-hydrogen) atoms. The zero-order valence-electron chi connectivity index (χ0n) is 9.21. The summed E-state index contributed by atoms with van der Waals surface area (Å²) in [7, 11) is 0. The number of carbonyl (C=O) groups is 1. The van der Waals surface area contributed by atoms with Gasteiger partial charge in [-0.05, 0) is 13.0 Å². The normalized spacial score (nSPS) is 10.3. The molecule has 0 bridgehead atoms. The van der Waals surface area contributed by atoms with Gasteiger partial charge >= 0.3 is 0 Å². The van der Waals surface area contributed by atoms with Crippen LogP contribution < -0.4 is 5.32 Å². The lowest BCUT2D eigenvalue weighted by atomic mass is 10.1. The average molecular weight is 214 g/mol. The molecule has 3 heteroatoms. The second kappa shape index (κ2) is 4.23. The van der Waals surface area contributed by atoms with Gasteiger partial charge in [0.2, 0.25) is 0 Å². The lowest BCUT2D eigenvalue weighted by Crippen LogP contribution is -2.23. The monoisotopic (exact) mass is 214 g/mol. The molecule has 1 aromatic carbocycles. The van der Waals surface area contributed by atoms with Crippen molar-refractivity contribution in [2.24, 2.45) is 0 Å². The standard InChI is InChI=1S/C13H14N2O/c1-3-8-14-13(16)12-9(2)15-11-7-5-4-6-10(11)12/h3-7,15H,1,8H2,2H3,(H,14,16). The highest BCUT2D eigenvalue weighted by Gasteiger charge is 2.14. The summed E-state index contributed by atoms with van der Waals surface area (Å²) >= 11 is 0. The summed E-state index contributed by atoms with van der Waals surface area (Å²) in [5, 5.41) is 3.75. The lowest BCUT2D eigenvalue weighted by Gasteiger charge is -2.01. The molecule has 3 nitrogen and oxygen atoms in total. The van der Waals surface area contributed by atoms with Crippen LogP contribution in [0.1, 0.15) is 16.1 Å². The van der Waals surface area contributed by atoms with Crippen LogP contribution in [0.2, 0.25) is 0 Å². The van der Waals surface area contributed by atoms with Crippen LogP contribution in [0.5, 0.6) is 0 Å². The highest BCUT2D eigenvalue weighted by Crippen LogP contribution is 2.21. The summed E-state index contributed by atoms with van der Waals surface area (Å²) in [5.74, 6) is -0.0603. The van der Waals surface area contributed by atoms with Crippen LogP contribution in [-0.2, 0) is 0 Å². The van der Waals surface area contributed by atoms with Crippen molar-refractivity contribution in [2.75, 3.05) is 6.54 Å². The number of aryl methyl sites for hydroxylation is 1. The zero-order chi connectivity index (χ0) is 11.5. The molecule has 1 aromatic heterocycles. The minimum atomic E-state index is -0.0603. The number of rotatable bonds is 3. The molecule has 1 amide bonds. The van der Waals surface area contributed by atoms with E-state index in [1.165, 1.54) is 0 Å². The van der Waals surface area contributed by atoms with Crippen LogP contribution >= 0.6 is 0 Å². The number of aromatic amines is 1. The molecule has 2 rings (SSSR count). The van der Waals surface area contributed by atoms with Crippen molar-refractivity contribution in [3.8, 4) is 0 Å². The Morgan fingerprint density at radius 2 is 2.25 bits per heavy atom. The first-order chi connectivity index (χ1) is 7.74. The van der Waals surface area contributed by atoms with Gasteiger partial charge in [-0.25, -0.2) is 0 Å². The molecule has 2 aromatic rings. The van der Waals surface area contributed by atoms with Gasteiger partial charge < -0.3 is 10.3 Å². The fourth-order valence-corrected chi connectivity index (χ4v) is 1.82. The Labute approximate surface area is 94.2 Å². The number of aromatic nitrogens is 1. The topological polar surface area (TPSA) is 44.9 Å². The molecule has 0 atom stereocenters. The van der Waals surface area contributed by atoms with Crippen LogP contribution in [0, 0.1) is 6.92 Å². The second-order valence-electron chi connectivity index (χ2n) is 3.67. The first-order valence-electron chi connectivity index (χ1n) is 5.20. The van der Waals surface area contributed by atoms with Crippen LogP contribution in [0.15, 0.2) is 36.9 Å². The molecular weight excluding hydrogens is 200 g/mol. The van der Waals surface area contributed by atoms with Crippen molar-refractivity contribution in [3.63, 3.8) is 0 Å². The fourth-order valence-electron chi connectivity index (χ4n) is 1.82. The van der Waals surface area contributed by atoms with Gasteiger partial charge in [0, 0.05) is 23.1 Å². The first kappa shape index (κ1) is 10.5. The Balaban J connectivity index is 2.46. The summed E-state index contributed by atoms with van der Waals surface area (Å²) in [6, 6.07) is 7.79. The van der Waals surface area contributed by atoms with E-state index >= 15 is 0 Å². The van der Waals surface area contributed by atoms with Crippen molar-refractivity contribution < 1.29 is 4.79 Å². The molecule has 0 radical (unpaired) electrons. The predicted octanol–water partition coefficient (Wildman–Crippen LogP) is 2.39. The summed E-state index contributed by atoms with van der Waals surface area (Å²) in [5.41, 5.74) is 2.60. The molecule has 0 saturated heterocycles. The molecule has 1 heterocycles. The molecular formula is C13H14N2O. The Bertz CT molecular complexity index is 540. The maximum absolute atomic E-state index is 11.9. The van der Waals surface area contributed by atoms with Gasteiger partial charge in [-0.1, -0.05) is 24.3 Å². The molecule has 0 unspecified atom stereocenters. The van der Waals surface area contributed by atoms with Crippen LogP contribution in [-0.4, -0.2) is 17.4 Å². The van der Waals surface area contributed by atoms with E-state index in [4.69, 9.17) is 0 Å². The molecule has 0 saturated carbocycles. The van der Waals surface area contributed by atoms with E-state index in [1.807, 2.05) is 31.2 Å². The smallest absolute Gasteiger partial charge is 0.253 e. The minimum Gasteiger partial charge on any atom is -0.358 e. The first-order valence-corrected chi connectivity index (χ1v) is 5.20. The van der Waals surface area contributed by atoms with Crippen molar-refractivity contribution in [3.05, 3.63) is 48.2 Å². The third kappa shape index (κ3) is 1.72. The number of fused-ring (bicyclic) bond motifs is 1. The highest BCUT2D eigenvalue weighted by atomic mass is 16.1. The van der Waals surface area contributed by atoms with Crippen LogP contribution in [0.3, 0.4) is 0 Å². The van der Waals surface area contributed by atoms with E-state index in [0.29, 0.717) is 6.54 Å². The van der Waals surface area contributed by atoms with E-state index in [0.717, 1.165) is 22.2 Å². The third-order valence-corrected chi connectivity index (χ3v) is 2.53. The van der Waals surface area contributed by atoms with Crippen molar-refractivity contribution in [1.82, 2.24) is 10.3 Å². The molecule has 2 N–H and O–H groups in total. The van der Waals surface area contributed by atoms with E-state index in [9.17, 15) is 4.79 Å². The third-order valence-electron chi connectivity index (χ3n) is 2.53. The van der Waals surface area contributed by atoms with E-state index in [2.05, 4.69) is 16.9 Å². The number of para-hydroxylation sites is 1. The van der Waals surface area contributed by atoms with Gasteiger partial charge in [0.05, 0.1) is 5.56 Å². The van der Waals surface area contributed by atoms with Crippen LogP contribution in [0.25, 0.3) is 10.9 Å². The Kier molecular flexibility index (Phi) is 2.77. The van der Waals surface area contributed by atoms with Gasteiger partial charge in [-0.3, -0.25) is 4.79 Å². The maximum Gasteiger partial charge on any atom is 0.253 e. The lowest BCUT2D eigenvalue weighted by molar-refractivity contribution is 0.0959. The number of amides is 1. The van der Waals surface area contributed by atoms with Crippen LogP contribution in [0.4, 0.5) is 0 Å². The number of H-pyrrole nitrogens is 1. The summed E-state index contributed by atoms with van der Waals surface area (Å²) in [4.78, 5) is 15.1. The summed E-state index contributed by atoms with van der Waals surface area (Å²) < 4.78 is 0. The quantitative estimate of drug-likeness (QED) is 0.757.